The highest BCUT2D eigenvalue weighted by molar-refractivity contribution is 6.22. The Morgan fingerprint density at radius 1 is 0.870 bits per heavy atom. The second kappa shape index (κ2) is 6.44. The predicted molar refractivity (Wildman–Crippen MR) is 85.0 cm³/mol. The minimum atomic E-state index is -0.413. The monoisotopic (exact) mass is 308 g/mol. The molecule has 0 aliphatic carbocycles. The van der Waals surface area contributed by atoms with Crippen molar-refractivity contribution in [2.45, 2.75) is 6.42 Å². The minimum Gasteiger partial charge on any atom is -0.354 e. The summed E-state index contributed by atoms with van der Waals surface area (Å²) in [6, 6.07) is 16.4. The molecule has 0 aromatic heterocycles. The quantitative estimate of drug-likeness (QED) is 0.854. The lowest BCUT2D eigenvalue weighted by Crippen LogP contribution is -2.40. The summed E-state index contributed by atoms with van der Waals surface area (Å²) in [6.07, 6.45) is 0.703. The average Bonchev–Trinajstić information content (AvgIpc) is 2.81. The molecule has 5 nitrogen and oxygen atoms in total. The van der Waals surface area contributed by atoms with Crippen LogP contribution < -0.4 is 5.32 Å². The maximum absolute atomic E-state index is 12.2. The lowest BCUT2D eigenvalue weighted by atomic mass is 10.1. The number of imide groups is 1. The van der Waals surface area contributed by atoms with Crippen LogP contribution in [0, 0.1) is 0 Å². The van der Waals surface area contributed by atoms with E-state index in [1.165, 1.54) is 0 Å². The van der Waals surface area contributed by atoms with E-state index in [9.17, 15) is 14.4 Å². The van der Waals surface area contributed by atoms with Gasteiger partial charge in [-0.1, -0.05) is 42.5 Å². The van der Waals surface area contributed by atoms with Crippen molar-refractivity contribution in [2.24, 2.45) is 0 Å². The van der Waals surface area contributed by atoms with E-state index in [2.05, 4.69) is 5.32 Å². The Labute approximate surface area is 133 Å². The maximum atomic E-state index is 12.2. The van der Waals surface area contributed by atoms with Gasteiger partial charge in [0.2, 0.25) is 5.91 Å². The summed E-state index contributed by atoms with van der Waals surface area (Å²) in [4.78, 5) is 37.3. The molecular weight excluding hydrogens is 292 g/mol. The van der Waals surface area contributed by atoms with Gasteiger partial charge in [0.05, 0.1) is 11.1 Å². The van der Waals surface area contributed by atoms with Crippen molar-refractivity contribution in [1.82, 2.24) is 10.2 Å². The van der Waals surface area contributed by atoms with E-state index in [1.54, 1.807) is 24.3 Å². The largest absolute Gasteiger partial charge is 0.354 e. The van der Waals surface area contributed by atoms with E-state index in [-0.39, 0.29) is 12.5 Å². The molecule has 0 atom stereocenters. The zero-order valence-corrected chi connectivity index (χ0v) is 12.5. The van der Waals surface area contributed by atoms with Gasteiger partial charge in [-0.15, -0.1) is 0 Å². The Bertz CT molecular complexity index is 721. The van der Waals surface area contributed by atoms with Gasteiger partial charge in [-0.05, 0) is 24.1 Å². The second-order valence-corrected chi connectivity index (χ2v) is 5.33. The molecule has 0 saturated heterocycles. The van der Waals surface area contributed by atoms with Gasteiger partial charge in [-0.3, -0.25) is 19.3 Å². The van der Waals surface area contributed by atoms with Crippen LogP contribution in [0.2, 0.25) is 0 Å². The molecule has 1 N–H and O–H groups in total. The summed E-state index contributed by atoms with van der Waals surface area (Å²) >= 11 is 0. The maximum Gasteiger partial charge on any atom is 0.262 e. The van der Waals surface area contributed by atoms with Crippen molar-refractivity contribution >= 4 is 17.7 Å². The Hall–Kier alpha value is -2.95. The molecular formula is C18H16N2O3. The molecule has 5 heteroatoms. The fourth-order valence-electron chi connectivity index (χ4n) is 2.57. The first-order chi connectivity index (χ1) is 11.2. The first-order valence-electron chi connectivity index (χ1n) is 7.42. The predicted octanol–water partition coefficient (Wildman–Crippen LogP) is 1.64. The van der Waals surface area contributed by atoms with Gasteiger partial charge < -0.3 is 5.32 Å². The molecule has 1 aliphatic heterocycles. The minimum absolute atomic E-state index is 0.249. The third-order valence-corrected chi connectivity index (χ3v) is 3.76. The molecule has 0 bridgehead atoms. The van der Waals surface area contributed by atoms with Crippen molar-refractivity contribution in [3.05, 3.63) is 71.3 Å². The van der Waals surface area contributed by atoms with Crippen molar-refractivity contribution < 1.29 is 14.4 Å². The fraction of sp³-hybridized carbons (Fsp3) is 0.167. The van der Waals surface area contributed by atoms with Gasteiger partial charge in [0.25, 0.3) is 11.8 Å². The van der Waals surface area contributed by atoms with E-state index >= 15 is 0 Å². The van der Waals surface area contributed by atoms with Crippen LogP contribution in [-0.4, -0.2) is 35.7 Å². The van der Waals surface area contributed by atoms with Gasteiger partial charge in [0.1, 0.15) is 6.54 Å². The summed E-state index contributed by atoms with van der Waals surface area (Å²) in [7, 11) is 0. The van der Waals surface area contributed by atoms with E-state index in [1.807, 2.05) is 30.3 Å². The number of benzene rings is 2. The number of nitrogens with one attached hydrogen (secondary N) is 1. The SMILES string of the molecule is O=C(CN1C(=O)c2ccccc2C1=O)NCCc1ccccc1. The molecule has 0 fully saturated rings. The zero-order chi connectivity index (χ0) is 16.2. The summed E-state index contributed by atoms with van der Waals surface area (Å²) in [5.41, 5.74) is 1.83. The molecule has 2 aromatic rings. The summed E-state index contributed by atoms with van der Waals surface area (Å²) in [5, 5.41) is 2.74. The highest BCUT2D eigenvalue weighted by Gasteiger charge is 2.36. The standard InChI is InChI=1S/C18H16N2O3/c21-16(19-11-10-13-6-2-1-3-7-13)12-20-17(22)14-8-4-5-9-15(14)18(20)23/h1-9H,10-12H2,(H,19,21). The van der Waals surface area contributed by atoms with Crippen LogP contribution in [0.3, 0.4) is 0 Å². The number of carbonyl (C=O) groups excluding carboxylic acids is 3. The van der Waals surface area contributed by atoms with Gasteiger partial charge in [0, 0.05) is 6.54 Å². The second-order valence-electron chi connectivity index (χ2n) is 5.33. The Balaban J connectivity index is 1.55. The molecule has 0 spiro atoms. The number of hydrogen-bond acceptors (Lipinski definition) is 3. The van der Waals surface area contributed by atoms with Crippen LogP contribution in [0.15, 0.2) is 54.6 Å². The highest BCUT2D eigenvalue weighted by Crippen LogP contribution is 2.21. The zero-order valence-electron chi connectivity index (χ0n) is 12.5. The number of carbonyl (C=O) groups is 3. The number of hydrogen-bond donors (Lipinski definition) is 1. The number of fused-ring (bicyclic) bond motifs is 1. The molecule has 116 valence electrons. The van der Waals surface area contributed by atoms with Crippen molar-refractivity contribution in [3.63, 3.8) is 0 Å². The lowest BCUT2D eigenvalue weighted by Gasteiger charge is -2.13. The Morgan fingerprint density at radius 2 is 1.43 bits per heavy atom. The van der Waals surface area contributed by atoms with Gasteiger partial charge >= 0.3 is 0 Å². The smallest absolute Gasteiger partial charge is 0.262 e. The molecule has 3 rings (SSSR count). The Morgan fingerprint density at radius 3 is 2.04 bits per heavy atom. The first-order valence-corrected chi connectivity index (χ1v) is 7.42. The van der Waals surface area contributed by atoms with Crippen molar-refractivity contribution in [3.8, 4) is 0 Å². The summed E-state index contributed by atoms with van der Waals surface area (Å²) < 4.78 is 0. The number of rotatable bonds is 5. The summed E-state index contributed by atoms with van der Waals surface area (Å²) in [6.45, 7) is 0.215. The average molecular weight is 308 g/mol. The van der Waals surface area contributed by atoms with Crippen molar-refractivity contribution in [1.29, 1.82) is 0 Å². The van der Waals surface area contributed by atoms with Gasteiger partial charge in [0.15, 0.2) is 0 Å². The lowest BCUT2D eigenvalue weighted by molar-refractivity contribution is -0.121. The normalized spacial score (nSPS) is 13.1. The topological polar surface area (TPSA) is 66.5 Å². The molecule has 0 radical (unpaired) electrons. The van der Waals surface area contributed by atoms with E-state index < -0.39 is 11.8 Å². The highest BCUT2D eigenvalue weighted by atomic mass is 16.2. The van der Waals surface area contributed by atoms with Gasteiger partial charge in [-0.2, -0.15) is 0 Å². The van der Waals surface area contributed by atoms with Crippen LogP contribution >= 0.6 is 0 Å². The molecule has 1 heterocycles. The molecule has 23 heavy (non-hydrogen) atoms. The van der Waals surface area contributed by atoms with Crippen LogP contribution in [-0.2, 0) is 11.2 Å². The van der Waals surface area contributed by atoms with E-state index in [0.717, 1.165) is 10.5 Å². The van der Waals surface area contributed by atoms with Gasteiger partial charge in [-0.25, -0.2) is 0 Å². The van der Waals surface area contributed by atoms with Crippen LogP contribution in [0.4, 0.5) is 0 Å². The van der Waals surface area contributed by atoms with Crippen molar-refractivity contribution in [2.75, 3.05) is 13.1 Å². The molecule has 0 saturated carbocycles. The Kier molecular flexibility index (Phi) is 4.19. The number of amides is 3. The molecule has 1 aliphatic rings. The number of nitrogens with zero attached hydrogens (tertiary/aromatic N) is 1. The third-order valence-electron chi connectivity index (χ3n) is 3.76. The van der Waals surface area contributed by atoms with E-state index in [4.69, 9.17) is 0 Å². The molecule has 0 unspecified atom stereocenters. The first kappa shape index (κ1) is 15.0. The van der Waals surface area contributed by atoms with Crippen LogP contribution in [0.5, 0.6) is 0 Å². The molecule has 2 aromatic carbocycles. The molecule has 3 amide bonds. The summed E-state index contributed by atoms with van der Waals surface area (Å²) in [5.74, 6) is -1.16. The van der Waals surface area contributed by atoms with Crippen LogP contribution in [0.1, 0.15) is 26.3 Å². The fourth-order valence-corrected chi connectivity index (χ4v) is 2.57. The van der Waals surface area contributed by atoms with E-state index in [0.29, 0.717) is 24.1 Å². The van der Waals surface area contributed by atoms with Crippen LogP contribution in [0.25, 0.3) is 0 Å². The third kappa shape index (κ3) is 3.13.